The maximum absolute atomic E-state index is 12.3. The molecular formula is C19H18N6O2. The van der Waals surface area contributed by atoms with Gasteiger partial charge < -0.3 is 20.0 Å². The van der Waals surface area contributed by atoms with Crippen molar-refractivity contribution in [3.63, 3.8) is 0 Å². The number of anilines is 2. The second-order valence-corrected chi connectivity index (χ2v) is 6.20. The van der Waals surface area contributed by atoms with Gasteiger partial charge in [-0.2, -0.15) is 0 Å². The molecule has 0 bridgehead atoms. The number of aliphatic hydroxyl groups excluding tert-OH is 1. The Hall–Kier alpha value is -3.52. The summed E-state index contributed by atoms with van der Waals surface area (Å²) in [5.74, 6) is 1.14. The number of fused-ring (bicyclic) bond motifs is 1. The first-order valence-corrected chi connectivity index (χ1v) is 8.52. The minimum Gasteiger partial charge on any atom is -0.394 e. The number of aromatic nitrogens is 5. The fraction of sp³-hybridized carbons (Fsp3) is 0.158. The molecule has 4 rings (SSSR count). The summed E-state index contributed by atoms with van der Waals surface area (Å²) >= 11 is 0. The van der Waals surface area contributed by atoms with Crippen molar-refractivity contribution in [2.45, 2.75) is 13.0 Å². The quantitative estimate of drug-likeness (QED) is 0.503. The van der Waals surface area contributed by atoms with Crippen LogP contribution in [-0.2, 0) is 0 Å². The van der Waals surface area contributed by atoms with Crippen LogP contribution in [0.2, 0.25) is 0 Å². The van der Waals surface area contributed by atoms with Crippen molar-refractivity contribution in [3.8, 4) is 11.5 Å². The molecule has 0 aliphatic heterocycles. The van der Waals surface area contributed by atoms with Gasteiger partial charge in [-0.05, 0) is 31.2 Å². The van der Waals surface area contributed by atoms with Gasteiger partial charge in [-0.15, -0.1) is 10.2 Å². The third-order valence-electron chi connectivity index (χ3n) is 4.34. The Kier molecular flexibility index (Phi) is 4.39. The summed E-state index contributed by atoms with van der Waals surface area (Å²) < 4.78 is 1.77. The van der Waals surface area contributed by atoms with Gasteiger partial charge in [0.15, 0.2) is 11.3 Å². The molecule has 0 fully saturated rings. The number of aromatic amines is 1. The average molecular weight is 362 g/mol. The van der Waals surface area contributed by atoms with Crippen LogP contribution in [-0.4, -0.2) is 36.4 Å². The van der Waals surface area contributed by atoms with Gasteiger partial charge in [-0.25, -0.2) is 4.98 Å². The van der Waals surface area contributed by atoms with Crippen molar-refractivity contribution >= 4 is 22.4 Å². The summed E-state index contributed by atoms with van der Waals surface area (Å²) in [4.78, 5) is 19.9. The van der Waals surface area contributed by atoms with E-state index in [0.717, 1.165) is 5.52 Å². The van der Waals surface area contributed by atoms with Gasteiger partial charge in [0.2, 0.25) is 0 Å². The van der Waals surface area contributed by atoms with Crippen LogP contribution in [0.3, 0.4) is 0 Å². The monoisotopic (exact) mass is 362 g/mol. The normalized spacial score (nSPS) is 12.2. The highest BCUT2D eigenvalue weighted by molar-refractivity contribution is 5.92. The zero-order valence-corrected chi connectivity index (χ0v) is 14.6. The molecule has 3 N–H and O–H groups in total. The highest BCUT2D eigenvalue weighted by Crippen LogP contribution is 2.24. The van der Waals surface area contributed by atoms with E-state index >= 15 is 0 Å². The van der Waals surface area contributed by atoms with E-state index in [-0.39, 0.29) is 18.1 Å². The van der Waals surface area contributed by atoms with Crippen molar-refractivity contribution in [2.75, 3.05) is 11.9 Å². The standard InChI is InChI=1S/C19H18N6O2/c1-12(10-26)25-11-21-24-19(25)15-6-3-7-17(23-15)22-14-5-2-4-13-18(14)16(27)8-9-20-13/h2-9,11-12,26H,10H2,1H3,(H,20,27)(H,22,23)/t12-/m0/s1. The summed E-state index contributed by atoms with van der Waals surface area (Å²) in [5, 5.41) is 21.3. The minimum atomic E-state index is -0.162. The maximum atomic E-state index is 12.3. The van der Waals surface area contributed by atoms with Crippen LogP contribution in [0.15, 0.2) is 59.8 Å². The number of rotatable bonds is 5. The molecule has 0 unspecified atom stereocenters. The van der Waals surface area contributed by atoms with E-state index in [1.807, 2.05) is 43.3 Å². The van der Waals surface area contributed by atoms with Gasteiger partial charge in [-0.1, -0.05) is 12.1 Å². The number of pyridine rings is 2. The van der Waals surface area contributed by atoms with Crippen LogP contribution in [0.25, 0.3) is 22.4 Å². The molecule has 1 atom stereocenters. The van der Waals surface area contributed by atoms with Gasteiger partial charge in [0.1, 0.15) is 17.8 Å². The summed E-state index contributed by atoms with van der Waals surface area (Å²) in [6.07, 6.45) is 3.20. The lowest BCUT2D eigenvalue weighted by atomic mass is 10.1. The Balaban J connectivity index is 1.73. The largest absolute Gasteiger partial charge is 0.394 e. The molecule has 8 nitrogen and oxygen atoms in total. The molecule has 0 amide bonds. The van der Waals surface area contributed by atoms with Crippen molar-refractivity contribution in [1.29, 1.82) is 0 Å². The number of nitrogens with zero attached hydrogens (tertiary/aromatic N) is 4. The molecule has 8 heteroatoms. The fourth-order valence-corrected chi connectivity index (χ4v) is 2.94. The summed E-state index contributed by atoms with van der Waals surface area (Å²) in [5.41, 5.74) is 1.97. The molecule has 0 aliphatic carbocycles. The number of nitrogens with one attached hydrogen (secondary N) is 2. The SMILES string of the molecule is C[C@@H](CO)n1cnnc1-c1cccc(Nc2cccc3[nH]ccc(=O)c23)n1. The van der Waals surface area contributed by atoms with Crippen LogP contribution < -0.4 is 10.7 Å². The Morgan fingerprint density at radius 1 is 1.22 bits per heavy atom. The summed E-state index contributed by atoms with van der Waals surface area (Å²) in [6, 6.07) is 12.4. The van der Waals surface area contributed by atoms with Crippen molar-refractivity contribution in [3.05, 3.63) is 65.2 Å². The topological polar surface area (TPSA) is 109 Å². The fourth-order valence-electron chi connectivity index (χ4n) is 2.94. The van der Waals surface area contributed by atoms with Gasteiger partial charge in [0, 0.05) is 12.3 Å². The number of H-pyrrole nitrogens is 1. The zero-order valence-electron chi connectivity index (χ0n) is 14.6. The first-order chi connectivity index (χ1) is 13.2. The predicted octanol–water partition coefficient (Wildman–Crippen LogP) is 2.48. The lowest BCUT2D eigenvalue weighted by molar-refractivity contribution is 0.239. The third-order valence-corrected chi connectivity index (χ3v) is 4.34. The lowest BCUT2D eigenvalue weighted by Crippen LogP contribution is -2.10. The van der Waals surface area contributed by atoms with Gasteiger partial charge in [-0.3, -0.25) is 4.79 Å². The van der Waals surface area contributed by atoms with Gasteiger partial charge >= 0.3 is 0 Å². The van der Waals surface area contributed by atoms with E-state index in [0.29, 0.717) is 28.4 Å². The smallest absolute Gasteiger partial charge is 0.191 e. The molecule has 27 heavy (non-hydrogen) atoms. The van der Waals surface area contributed by atoms with Crippen LogP contribution in [0, 0.1) is 0 Å². The van der Waals surface area contributed by atoms with Crippen LogP contribution in [0.1, 0.15) is 13.0 Å². The highest BCUT2D eigenvalue weighted by atomic mass is 16.3. The van der Waals surface area contributed by atoms with Crippen molar-refractivity contribution < 1.29 is 5.11 Å². The molecule has 0 saturated heterocycles. The Labute approximate surface area is 154 Å². The van der Waals surface area contributed by atoms with E-state index in [1.165, 1.54) is 6.07 Å². The van der Waals surface area contributed by atoms with E-state index in [9.17, 15) is 9.90 Å². The number of benzene rings is 1. The second-order valence-electron chi connectivity index (χ2n) is 6.20. The molecule has 4 aromatic rings. The Bertz CT molecular complexity index is 1140. The van der Waals surface area contributed by atoms with E-state index in [1.54, 1.807) is 17.1 Å². The molecule has 0 aliphatic rings. The van der Waals surface area contributed by atoms with E-state index in [4.69, 9.17) is 0 Å². The van der Waals surface area contributed by atoms with Crippen molar-refractivity contribution in [1.82, 2.24) is 24.7 Å². The Morgan fingerprint density at radius 2 is 2.07 bits per heavy atom. The second kappa shape index (κ2) is 7.00. The van der Waals surface area contributed by atoms with Crippen molar-refractivity contribution in [2.24, 2.45) is 0 Å². The van der Waals surface area contributed by atoms with E-state index < -0.39 is 0 Å². The van der Waals surface area contributed by atoms with Gasteiger partial charge in [0.05, 0.1) is 29.2 Å². The molecule has 0 saturated carbocycles. The van der Waals surface area contributed by atoms with Crippen LogP contribution >= 0.6 is 0 Å². The van der Waals surface area contributed by atoms with Crippen LogP contribution in [0.5, 0.6) is 0 Å². The number of hydrogen-bond donors (Lipinski definition) is 3. The molecule has 0 spiro atoms. The number of hydrogen-bond acceptors (Lipinski definition) is 6. The highest BCUT2D eigenvalue weighted by Gasteiger charge is 2.14. The third kappa shape index (κ3) is 3.18. The van der Waals surface area contributed by atoms with Crippen LogP contribution in [0.4, 0.5) is 11.5 Å². The lowest BCUT2D eigenvalue weighted by Gasteiger charge is -2.13. The first kappa shape index (κ1) is 16.9. The zero-order chi connectivity index (χ0) is 18.8. The average Bonchev–Trinajstić information content (AvgIpc) is 3.18. The Morgan fingerprint density at radius 3 is 2.93 bits per heavy atom. The number of aliphatic hydroxyl groups is 1. The minimum absolute atomic E-state index is 0.0260. The van der Waals surface area contributed by atoms with Gasteiger partial charge in [0.25, 0.3) is 0 Å². The molecule has 1 aromatic carbocycles. The summed E-state index contributed by atoms with van der Waals surface area (Å²) in [7, 11) is 0. The van der Waals surface area contributed by atoms with E-state index in [2.05, 4.69) is 25.5 Å². The molecule has 136 valence electrons. The molecule has 3 heterocycles. The predicted molar refractivity (Wildman–Crippen MR) is 103 cm³/mol. The molecule has 3 aromatic heterocycles. The molecule has 0 radical (unpaired) electrons. The molecular weight excluding hydrogens is 344 g/mol. The first-order valence-electron chi connectivity index (χ1n) is 8.52. The summed E-state index contributed by atoms with van der Waals surface area (Å²) in [6.45, 7) is 1.85. The maximum Gasteiger partial charge on any atom is 0.191 e.